The Hall–Kier alpha value is -0.150. The molecular weight excluding hydrogens is 272 g/mol. The lowest BCUT2D eigenvalue weighted by Crippen LogP contribution is -2.04. The predicted molar refractivity (Wildman–Crippen MR) is 69.2 cm³/mol. The van der Waals surface area contributed by atoms with E-state index in [0.717, 1.165) is 11.1 Å². The van der Waals surface area contributed by atoms with Gasteiger partial charge < -0.3 is 4.74 Å². The molecule has 0 aliphatic heterocycles. The standard InChI is InChI=1S/C12H15BrOS/c1-14-10-2-4-11(5-3-10)15-9-12(8-13)6-7-12/h2-5H,6-9H2,1H3. The number of rotatable bonds is 5. The maximum Gasteiger partial charge on any atom is 0.118 e. The Bertz CT molecular complexity index is 319. The van der Waals surface area contributed by atoms with E-state index in [0.29, 0.717) is 5.41 Å². The smallest absolute Gasteiger partial charge is 0.118 e. The molecule has 0 heterocycles. The van der Waals surface area contributed by atoms with Gasteiger partial charge in [-0.05, 0) is 42.5 Å². The van der Waals surface area contributed by atoms with Crippen LogP contribution in [0.25, 0.3) is 0 Å². The molecule has 2 rings (SSSR count). The molecule has 1 saturated carbocycles. The van der Waals surface area contributed by atoms with Crippen molar-refractivity contribution in [1.82, 2.24) is 0 Å². The number of alkyl halides is 1. The van der Waals surface area contributed by atoms with E-state index in [-0.39, 0.29) is 0 Å². The van der Waals surface area contributed by atoms with E-state index in [1.54, 1.807) is 7.11 Å². The third kappa shape index (κ3) is 2.91. The number of hydrogen-bond acceptors (Lipinski definition) is 2. The minimum absolute atomic E-state index is 0.588. The first-order valence-electron chi connectivity index (χ1n) is 5.11. The highest BCUT2D eigenvalue weighted by Gasteiger charge is 2.41. The van der Waals surface area contributed by atoms with Crippen molar-refractivity contribution in [2.45, 2.75) is 17.7 Å². The summed E-state index contributed by atoms with van der Waals surface area (Å²) in [4.78, 5) is 1.34. The molecule has 0 amide bonds. The van der Waals surface area contributed by atoms with E-state index >= 15 is 0 Å². The molecule has 3 heteroatoms. The van der Waals surface area contributed by atoms with E-state index in [1.165, 1.54) is 23.5 Å². The zero-order valence-electron chi connectivity index (χ0n) is 8.83. The Labute approximate surface area is 104 Å². The summed E-state index contributed by atoms with van der Waals surface area (Å²) in [5.41, 5.74) is 0.588. The second-order valence-electron chi connectivity index (χ2n) is 4.10. The zero-order chi connectivity index (χ0) is 10.7. The van der Waals surface area contributed by atoms with Crippen molar-refractivity contribution in [2.75, 3.05) is 18.2 Å². The fourth-order valence-electron chi connectivity index (χ4n) is 1.40. The van der Waals surface area contributed by atoms with Gasteiger partial charge in [-0.15, -0.1) is 11.8 Å². The van der Waals surface area contributed by atoms with Crippen molar-refractivity contribution >= 4 is 27.7 Å². The molecule has 0 saturated heterocycles. The third-order valence-corrected chi connectivity index (χ3v) is 5.40. The molecule has 0 bridgehead atoms. The Kier molecular flexibility index (Phi) is 3.62. The largest absolute Gasteiger partial charge is 0.497 e. The molecule has 0 aromatic heterocycles. The van der Waals surface area contributed by atoms with Crippen molar-refractivity contribution in [3.63, 3.8) is 0 Å². The summed E-state index contributed by atoms with van der Waals surface area (Å²) < 4.78 is 5.13. The van der Waals surface area contributed by atoms with Gasteiger partial charge in [0, 0.05) is 16.0 Å². The Balaban J connectivity index is 1.88. The maximum absolute atomic E-state index is 5.13. The fraction of sp³-hybridized carbons (Fsp3) is 0.500. The first-order chi connectivity index (χ1) is 7.28. The van der Waals surface area contributed by atoms with Crippen molar-refractivity contribution in [3.05, 3.63) is 24.3 Å². The zero-order valence-corrected chi connectivity index (χ0v) is 11.2. The maximum atomic E-state index is 5.13. The number of ether oxygens (including phenoxy) is 1. The van der Waals surface area contributed by atoms with Crippen LogP contribution in [0.2, 0.25) is 0 Å². The minimum Gasteiger partial charge on any atom is -0.497 e. The van der Waals surface area contributed by atoms with Crippen LogP contribution in [-0.2, 0) is 0 Å². The lowest BCUT2D eigenvalue weighted by atomic mass is 10.2. The monoisotopic (exact) mass is 286 g/mol. The van der Waals surface area contributed by atoms with Crippen LogP contribution in [0.4, 0.5) is 0 Å². The fourth-order valence-corrected chi connectivity index (χ4v) is 3.62. The van der Waals surface area contributed by atoms with Gasteiger partial charge in [-0.3, -0.25) is 0 Å². The first-order valence-corrected chi connectivity index (χ1v) is 7.22. The lowest BCUT2D eigenvalue weighted by molar-refractivity contribution is 0.414. The molecule has 1 fully saturated rings. The second kappa shape index (κ2) is 4.79. The molecule has 1 aromatic rings. The van der Waals surface area contributed by atoms with Gasteiger partial charge >= 0.3 is 0 Å². The van der Waals surface area contributed by atoms with Crippen LogP contribution < -0.4 is 4.74 Å². The first kappa shape index (κ1) is 11.3. The van der Waals surface area contributed by atoms with Gasteiger partial charge in [0.15, 0.2) is 0 Å². The number of halogens is 1. The molecule has 15 heavy (non-hydrogen) atoms. The minimum atomic E-state index is 0.588. The summed E-state index contributed by atoms with van der Waals surface area (Å²) >= 11 is 5.54. The number of hydrogen-bond donors (Lipinski definition) is 0. The third-order valence-electron chi connectivity index (χ3n) is 2.85. The highest BCUT2D eigenvalue weighted by atomic mass is 79.9. The van der Waals surface area contributed by atoms with E-state index in [4.69, 9.17) is 4.74 Å². The van der Waals surface area contributed by atoms with Gasteiger partial charge in [0.05, 0.1) is 7.11 Å². The van der Waals surface area contributed by atoms with Crippen molar-refractivity contribution in [2.24, 2.45) is 5.41 Å². The van der Waals surface area contributed by atoms with Crippen molar-refractivity contribution in [3.8, 4) is 5.75 Å². The molecule has 0 radical (unpaired) electrons. The number of benzene rings is 1. The van der Waals surface area contributed by atoms with Gasteiger partial charge in [0.1, 0.15) is 5.75 Å². The van der Waals surface area contributed by atoms with Gasteiger partial charge in [0.25, 0.3) is 0 Å². The quantitative estimate of drug-likeness (QED) is 0.599. The number of methoxy groups -OCH3 is 1. The van der Waals surface area contributed by atoms with Crippen LogP contribution in [0.1, 0.15) is 12.8 Å². The predicted octanol–water partition coefficient (Wildman–Crippen LogP) is 3.96. The summed E-state index contributed by atoms with van der Waals surface area (Å²) in [6.45, 7) is 0. The lowest BCUT2D eigenvalue weighted by Gasteiger charge is -2.10. The van der Waals surface area contributed by atoms with Gasteiger partial charge in [-0.1, -0.05) is 15.9 Å². The molecule has 0 unspecified atom stereocenters. The molecule has 1 aliphatic carbocycles. The van der Waals surface area contributed by atoms with Crippen LogP contribution in [-0.4, -0.2) is 18.2 Å². The van der Waals surface area contributed by atoms with E-state index < -0.39 is 0 Å². The number of thioether (sulfide) groups is 1. The van der Waals surface area contributed by atoms with E-state index in [9.17, 15) is 0 Å². The molecule has 0 N–H and O–H groups in total. The Morgan fingerprint density at radius 1 is 1.33 bits per heavy atom. The molecule has 1 aromatic carbocycles. The molecule has 82 valence electrons. The van der Waals surface area contributed by atoms with Gasteiger partial charge in [0.2, 0.25) is 0 Å². The average Bonchev–Trinajstić information content (AvgIpc) is 3.08. The molecule has 1 aliphatic rings. The Morgan fingerprint density at radius 2 is 2.00 bits per heavy atom. The van der Waals surface area contributed by atoms with Crippen LogP contribution >= 0.6 is 27.7 Å². The van der Waals surface area contributed by atoms with Crippen LogP contribution in [0.15, 0.2) is 29.2 Å². The topological polar surface area (TPSA) is 9.23 Å². The molecule has 0 atom stereocenters. The van der Waals surface area contributed by atoms with Crippen molar-refractivity contribution in [1.29, 1.82) is 0 Å². The summed E-state index contributed by atoms with van der Waals surface area (Å²) in [6, 6.07) is 8.31. The SMILES string of the molecule is COc1ccc(SCC2(CBr)CC2)cc1. The van der Waals surface area contributed by atoms with Crippen molar-refractivity contribution < 1.29 is 4.74 Å². The van der Waals surface area contributed by atoms with E-state index in [1.807, 2.05) is 23.9 Å². The summed E-state index contributed by atoms with van der Waals surface area (Å²) in [7, 11) is 1.70. The van der Waals surface area contributed by atoms with Gasteiger partial charge in [-0.25, -0.2) is 0 Å². The normalized spacial score (nSPS) is 17.5. The Morgan fingerprint density at radius 3 is 2.47 bits per heavy atom. The summed E-state index contributed by atoms with van der Waals surface area (Å²) in [6.07, 6.45) is 2.75. The summed E-state index contributed by atoms with van der Waals surface area (Å²) in [5.74, 6) is 2.16. The summed E-state index contributed by atoms with van der Waals surface area (Å²) in [5, 5.41) is 1.14. The van der Waals surface area contributed by atoms with Crippen LogP contribution in [0, 0.1) is 5.41 Å². The van der Waals surface area contributed by atoms with Gasteiger partial charge in [-0.2, -0.15) is 0 Å². The molecule has 0 spiro atoms. The van der Waals surface area contributed by atoms with E-state index in [2.05, 4.69) is 28.1 Å². The highest BCUT2D eigenvalue weighted by Crippen LogP contribution is 2.50. The molecular formula is C12H15BrOS. The molecule has 1 nitrogen and oxygen atoms in total. The van der Waals surface area contributed by atoms with Crippen LogP contribution in [0.5, 0.6) is 5.75 Å². The average molecular weight is 287 g/mol. The highest BCUT2D eigenvalue weighted by molar-refractivity contribution is 9.09. The second-order valence-corrected chi connectivity index (χ2v) is 5.71. The van der Waals surface area contributed by atoms with Crippen LogP contribution in [0.3, 0.4) is 0 Å².